The number of aromatic amines is 1. The summed E-state index contributed by atoms with van der Waals surface area (Å²) in [6.07, 6.45) is 6.49. The van der Waals surface area contributed by atoms with Gasteiger partial charge < -0.3 is 24.7 Å². The van der Waals surface area contributed by atoms with Crippen LogP contribution in [0.5, 0.6) is 11.5 Å². The number of nitro groups is 1. The molecule has 2 aliphatic heterocycles. The van der Waals surface area contributed by atoms with E-state index in [9.17, 15) is 23.3 Å². The molecule has 0 radical (unpaired) electrons. The Labute approximate surface area is 359 Å². The van der Waals surface area contributed by atoms with E-state index in [1.54, 1.807) is 30.5 Å². The van der Waals surface area contributed by atoms with E-state index >= 15 is 0 Å². The molecule has 0 bridgehead atoms. The van der Waals surface area contributed by atoms with E-state index in [1.165, 1.54) is 35.0 Å². The number of nitrogens with zero attached hydrogens (tertiary/aromatic N) is 4. The highest BCUT2D eigenvalue weighted by molar-refractivity contribution is 7.90. The number of halogens is 1. The monoisotopic (exact) mass is 865 g/mol. The maximum atomic E-state index is 13.9. The smallest absolute Gasteiger partial charge is 0.293 e. The van der Waals surface area contributed by atoms with Gasteiger partial charge in [-0.2, -0.15) is 0 Å². The first-order valence-corrected chi connectivity index (χ1v) is 22.5. The number of carbonyl (C=O) groups is 1. The van der Waals surface area contributed by atoms with Gasteiger partial charge in [-0.25, -0.2) is 18.1 Å². The predicted molar refractivity (Wildman–Crippen MR) is 235 cm³/mol. The third-order valence-corrected chi connectivity index (χ3v) is 14.3. The number of carbonyl (C=O) groups excluding carboxylic acids is 1. The van der Waals surface area contributed by atoms with Crippen molar-refractivity contribution < 1.29 is 27.6 Å². The van der Waals surface area contributed by atoms with Crippen LogP contribution in [0.1, 0.15) is 49.0 Å². The third-order valence-electron chi connectivity index (χ3n) is 12.7. The topological polar surface area (TPSA) is 172 Å². The highest BCUT2D eigenvalue weighted by Gasteiger charge is 2.53. The second kappa shape index (κ2) is 16.4. The molecule has 9 rings (SSSR count). The van der Waals surface area contributed by atoms with Crippen LogP contribution < -0.4 is 19.7 Å². The second-order valence-corrected chi connectivity index (χ2v) is 19.5. The zero-order valence-corrected chi connectivity index (χ0v) is 35.6. The van der Waals surface area contributed by atoms with Gasteiger partial charge in [0.1, 0.15) is 22.8 Å². The predicted octanol–water partition coefficient (Wildman–Crippen LogP) is 8.13. The summed E-state index contributed by atoms with van der Waals surface area (Å²) in [4.78, 5) is 37.1. The van der Waals surface area contributed by atoms with Crippen molar-refractivity contribution in [3.05, 3.63) is 117 Å². The number of nitro benzene ring substituents is 1. The van der Waals surface area contributed by atoms with Gasteiger partial charge in [0.05, 0.1) is 34.8 Å². The zero-order valence-electron chi connectivity index (χ0n) is 34.0. The van der Waals surface area contributed by atoms with Crippen LogP contribution in [0, 0.1) is 33.3 Å². The van der Waals surface area contributed by atoms with Gasteiger partial charge in [-0.15, -0.1) is 0 Å². The number of anilines is 2. The van der Waals surface area contributed by atoms with E-state index in [1.807, 2.05) is 18.2 Å². The number of fused-ring (bicyclic) bond motifs is 2. The first kappa shape index (κ1) is 40.9. The lowest BCUT2D eigenvalue weighted by Gasteiger charge is -2.39. The molecule has 4 heterocycles. The third kappa shape index (κ3) is 8.83. The molecule has 4 aliphatic rings. The Morgan fingerprint density at radius 1 is 1.03 bits per heavy atom. The van der Waals surface area contributed by atoms with E-state index in [0.717, 1.165) is 74.1 Å². The fourth-order valence-corrected chi connectivity index (χ4v) is 10.2. The number of amides is 1. The number of sulfonamides is 1. The summed E-state index contributed by atoms with van der Waals surface area (Å²) < 4.78 is 41.2. The summed E-state index contributed by atoms with van der Waals surface area (Å²) in [7, 11) is -4.55. The summed E-state index contributed by atoms with van der Waals surface area (Å²) in [6.45, 7) is 10.5. The Bertz CT molecular complexity index is 2630. The molecule has 14 nitrogen and oxygen atoms in total. The van der Waals surface area contributed by atoms with Gasteiger partial charge in [-0.3, -0.25) is 19.8 Å². The lowest BCUT2D eigenvalue weighted by molar-refractivity contribution is -0.384. The van der Waals surface area contributed by atoms with Gasteiger partial charge in [0.25, 0.3) is 21.6 Å². The number of hydrogen-bond donors (Lipinski definition) is 3. The Morgan fingerprint density at radius 3 is 2.56 bits per heavy atom. The number of hydrogen-bond acceptors (Lipinski definition) is 11. The SMILES string of the molecule is CC1(C)CCC(CN2CCN(c3ccc(C(=O)NS(=O)(=O)c4ccc(NC[C@@H]5[C@H]6COC[C@@H]56)c([N+](=O)[O-])c4)c(Oc4cnc5[nH]ccc5c4)c3)CC2)=C(c2ccc(Cl)cc2)C1. The minimum absolute atomic E-state index is 0.0336. The van der Waals surface area contributed by atoms with Crippen molar-refractivity contribution in [1.82, 2.24) is 19.6 Å². The van der Waals surface area contributed by atoms with Gasteiger partial charge in [0.2, 0.25) is 0 Å². The fourth-order valence-electron chi connectivity index (χ4n) is 9.08. The van der Waals surface area contributed by atoms with E-state index in [4.69, 9.17) is 21.1 Å². The van der Waals surface area contributed by atoms with Crippen LogP contribution in [0.2, 0.25) is 5.02 Å². The first-order valence-electron chi connectivity index (χ1n) is 20.7. The van der Waals surface area contributed by atoms with Crippen molar-refractivity contribution >= 4 is 61.2 Å². The maximum Gasteiger partial charge on any atom is 0.293 e. The van der Waals surface area contributed by atoms with Crippen molar-refractivity contribution in [1.29, 1.82) is 0 Å². The van der Waals surface area contributed by atoms with Gasteiger partial charge in [0.15, 0.2) is 0 Å². The van der Waals surface area contributed by atoms with E-state index < -0.39 is 31.4 Å². The van der Waals surface area contributed by atoms with E-state index in [-0.39, 0.29) is 22.4 Å². The zero-order chi connectivity index (χ0) is 42.5. The van der Waals surface area contributed by atoms with Crippen LogP contribution >= 0.6 is 11.6 Å². The van der Waals surface area contributed by atoms with Crippen molar-refractivity contribution in [2.24, 2.45) is 23.2 Å². The molecule has 2 aromatic heterocycles. The molecule has 61 heavy (non-hydrogen) atoms. The molecule has 2 saturated heterocycles. The molecule has 3 fully saturated rings. The summed E-state index contributed by atoms with van der Waals surface area (Å²) in [5.41, 5.74) is 5.58. The normalized spacial score (nSPS) is 21.3. The molecule has 2 aliphatic carbocycles. The van der Waals surface area contributed by atoms with Crippen LogP contribution in [-0.2, 0) is 14.8 Å². The molecule has 3 N–H and O–H groups in total. The molecule has 1 amide bonds. The number of nitrogens with one attached hydrogen (secondary N) is 3. The molecule has 3 aromatic carbocycles. The largest absolute Gasteiger partial charge is 0.455 e. The molecular formula is C45H48ClN7O7S. The number of pyridine rings is 1. The average Bonchev–Trinajstić information content (AvgIpc) is 3.52. The molecule has 0 spiro atoms. The van der Waals surface area contributed by atoms with Gasteiger partial charge >= 0.3 is 0 Å². The van der Waals surface area contributed by atoms with Crippen LogP contribution in [0.25, 0.3) is 16.6 Å². The lowest BCUT2D eigenvalue weighted by Crippen LogP contribution is -2.47. The van der Waals surface area contributed by atoms with Gasteiger partial charge in [-0.1, -0.05) is 43.2 Å². The number of benzene rings is 3. The summed E-state index contributed by atoms with van der Waals surface area (Å²) in [5, 5.41) is 16.7. The number of rotatable bonds is 13. The summed E-state index contributed by atoms with van der Waals surface area (Å²) in [6, 6.07) is 20.5. The molecule has 1 saturated carbocycles. The highest BCUT2D eigenvalue weighted by atomic mass is 35.5. The number of allylic oxidation sites excluding steroid dienone is 1. The number of H-pyrrole nitrogens is 1. The van der Waals surface area contributed by atoms with Crippen LogP contribution in [-0.4, -0.2) is 86.6 Å². The Balaban J connectivity index is 0.926. The van der Waals surface area contributed by atoms with Crippen molar-refractivity contribution in [2.75, 3.05) is 62.7 Å². The minimum Gasteiger partial charge on any atom is -0.455 e. The number of ether oxygens (including phenoxy) is 2. The fraction of sp³-hybridized carbons (Fsp3) is 0.378. The van der Waals surface area contributed by atoms with Crippen molar-refractivity contribution in [3.63, 3.8) is 0 Å². The highest BCUT2D eigenvalue weighted by Crippen LogP contribution is 2.51. The standard InChI is InChI=1S/C45H48ClN7O7S/c1-45(2)13-11-30(36(22-45)28-3-5-31(46)6-4-28)25-51-15-17-52(18-16-51)32-7-9-35(42(20-32)60-33-19-29-12-14-47-43(29)49-23-33)44(54)50-61(57,58)34-8-10-40(41(21-34)53(55)56)48-24-37-38-26-59-27-39(37)38/h3-10,12,14,19-21,23,37-39,48H,11,13,15-18,22,24-27H2,1-2H3,(H,47,49)(H,50,54)/t37-,38-,39+. The summed E-state index contributed by atoms with van der Waals surface area (Å²) >= 11 is 6.24. The van der Waals surface area contributed by atoms with Crippen molar-refractivity contribution in [3.8, 4) is 11.5 Å². The molecule has 0 unspecified atom stereocenters. The number of piperazine rings is 1. The number of aromatic nitrogens is 2. The maximum absolute atomic E-state index is 13.9. The average molecular weight is 866 g/mol. The van der Waals surface area contributed by atoms with Gasteiger partial charge in [0, 0.05) is 73.7 Å². The molecule has 3 atom stereocenters. The van der Waals surface area contributed by atoms with E-state index in [2.05, 4.69) is 55.8 Å². The van der Waals surface area contributed by atoms with Gasteiger partial charge in [-0.05, 0) is 102 Å². The second-order valence-electron chi connectivity index (χ2n) is 17.3. The van der Waals surface area contributed by atoms with Crippen LogP contribution in [0.3, 0.4) is 0 Å². The lowest BCUT2D eigenvalue weighted by atomic mass is 9.72. The quantitative estimate of drug-likeness (QED) is 0.0771. The minimum atomic E-state index is -4.55. The molecule has 5 aromatic rings. The Hall–Kier alpha value is -5.48. The summed E-state index contributed by atoms with van der Waals surface area (Å²) in [5.74, 6) is 0.784. The molecular weight excluding hydrogens is 818 g/mol. The molecule has 318 valence electrons. The van der Waals surface area contributed by atoms with E-state index in [0.29, 0.717) is 48.9 Å². The Kier molecular flexibility index (Phi) is 11.0. The van der Waals surface area contributed by atoms with Crippen LogP contribution in [0.4, 0.5) is 17.1 Å². The van der Waals surface area contributed by atoms with Crippen molar-refractivity contribution in [2.45, 2.75) is 38.0 Å². The Morgan fingerprint density at radius 2 is 1.80 bits per heavy atom. The first-order chi connectivity index (χ1) is 29.3. The molecule has 16 heteroatoms. The van der Waals surface area contributed by atoms with Crippen LogP contribution in [0.15, 0.2) is 95.7 Å².